The largest absolute Gasteiger partial charge is 0.418 e. The molecule has 0 unspecified atom stereocenters. The molecule has 182 valence electrons. The van der Waals surface area contributed by atoms with Gasteiger partial charge in [-0.05, 0) is 24.3 Å². The summed E-state index contributed by atoms with van der Waals surface area (Å²) in [5.41, 5.74) is 1.20. The lowest BCUT2D eigenvalue weighted by atomic mass is 10.3. The van der Waals surface area contributed by atoms with Gasteiger partial charge in [-0.1, -0.05) is 12.6 Å². The molecule has 1 fully saturated rings. The third-order valence-electron chi connectivity index (χ3n) is 5.02. The second-order valence-corrected chi connectivity index (χ2v) is 7.57. The van der Waals surface area contributed by atoms with E-state index in [4.69, 9.17) is 9.47 Å². The van der Waals surface area contributed by atoms with Crippen molar-refractivity contribution in [1.29, 1.82) is 0 Å². The standard InChI is InChI=1S/C23H26N8O4/c1-2-21(32)26-17-4-3-5-19(14-17)35-23(33)29-20-6-7-24-22(28-20)27-18-15-25-31(16-18)9-8-30-10-12-34-13-11-30/h2-7,14-16H,1,8-13H2,(H,26,32)(H2,24,27,28,29,33). The van der Waals surface area contributed by atoms with E-state index in [0.29, 0.717) is 11.6 Å². The van der Waals surface area contributed by atoms with Gasteiger partial charge in [-0.15, -0.1) is 0 Å². The number of rotatable bonds is 9. The molecule has 1 saturated heterocycles. The summed E-state index contributed by atoms with van der Waals surface area (Å²) in [6.07, 6.45) is 5.49. The first-order chi connectivity index (χ1) is 17.1. The van der Waals surface area contributed by atoms with Crippen LogP contribution in [0.15, 0.2) is 61.6 Å². The quantitative estimate of drug-likeness (QED) is 0.396. The summed E-state index contributed by atoms with van der Waals surface area (Å²) in [5, 5.41) is 12.6. The van der Waals surface area contributed by atoms with Crippen molar-refractivity contribution in [2.45, 2.75) is 6.54 Å². The summed E-state index contributed by atoms with van der Waals surface area (Å²) in [6, 6.07) is 7.96. The van der Waals surface area contributed by atoms with Crippen molar-refractivity contribution >= 4 is 35.1 Å². The Morgan fingerprint density at radius 2 is 2.00 bits per heavy atom. The molecule has 0 bridgehead atoms. The molecule has 3 aromatic rings. The van der Waals surface area contributed by atoms with Gasteiger partial charge in [0, 0.05) is 43.8 Å². The lowest BCUT2D eigenvalue weighted by Gasteiger charge is -2.26. The number of hydrogen-bond acceptors (Lipinski definition) is 9. The van der Waals surface area contributed by atoms with Crippen LogP contribution < -0.4 is 20.7 Å². The lowest BCUT2D eigenvalue weighted by Crippen LogP contribution is -2.38. The van der Waals surface area contributed by atoms with Crippen LogP contribution in [0.2, 0.25) is 0 Å². The van der Waals surface area contributed by atoms with Crippen molar-refractivity contribution in [3.8, 4) is 5.75 Å². The summed E-state index contributed by atoms with van der Waals surface area (Å²) >= 11 is 0. The normalized spacial score (nSPS) is 13.6. The molecule has 0 spiro atoms. The zero-order valence-electron chi connectivity index (χ0n) is 19.0. The van der Waals surface area contributed by atoms with E-state index < -0.39 is 6.09 Å². The Hall–Kier alpha value is -4.29. The highest BCUT2D eigenvalue weighted by Gasteiger charge is 2.11. The number of ether oxygens (including phenoxy) is 2. The number of aromatic nitrogens is 4. The number of morpholine rings is 1. The van der Waals surface area contributed by atoms with Crippen molar-refractivity contribution in [3.05, 3.63) is 61.6 Å². The van der Waals surface area contributed by atoms with E-state index >= 15 is 0 Å². The van der Waals surface area contributed by atoms with Crippen LogP contribution in [0.4, 0.5) is 27.9 Å². The second kappa shape index (κ2) is 11.7. The summed E-state index contributed by atoms with van der Waals surface area (Å²) in [7, 11) is 0. The van der Waals surface area contributed by atoms with Gasteiger partial charge in [0.15, 0.2) is 0 Å². The summed E-state index contributed by atoms with van der Waals surface area (Å²) < 4.78 is 12.5. The van der Waals surface area contributed by atoms with Gasteiger partial charge in [0.25, 0.3) is 0 Å². The first-order valence-corrected chi connectivity index (χ1v) is 11.0. The van der Waals surface area contributed by atoms with Crippen LogP contribution in [0.1, 0.15) is 0 Å². The maximum Gasteiger partial charge on any atom is 0.418 e. The van der Waals surface area contributed by atoms with Crippen LogP contribution >= 0.6 is 0 Å². The van der Waals surface area contributed by atoms with E-state index in [9.17, 15) is 9.59 Å². The third-order valence-corrected chi connectivity index (χ3v) is 5.02. The van der Waals surface area contributed by atoms with E-state index in [2.05, 4.69) is 42.5 Å². The predicted molar refractivity (Wildman–Crippen MR) is 130 cm³/mol. The van der Waals surface area contributed by atoms with Gasteiger partial charge in [-0.2, -0.15) is 10.1 Å². The second-order valence-electron chi connectivity index (χ2n) is 7.57. The average molecular weight is 479 g/mol. The van der Waals surface area contributed by atoms with Crippen LogP contribution in [-0.2, 0) is 16.1 Å². The van der Waals surface area contributed by atoms with Gasteiger partial charge in [0.1, 0.15) is 11.6 Å². The minimum Gasteiger partial charge on any atom is -0.410 e. The van der Waals surface area contributed by atoms with Crippen molar-refractivity contribution in [3.63, 3.8) is 0 Å². The SMILES string of the molecule is C=CC(=O)Nc1cccc(OC(=O)Nc2ccnc(Nc3cnn(CCN4CCOCC4)c3)n2)c1. The van der Waals surface area contributed by atoms with Gasteiger partial charge in [0.05, 0.1) is 31.6 Å². The Kier molecular flexibility index (Phi) is 7.99. The van der Waals surface area contributed by atoms with E-state index in [1.807, 2.05) is 10.9 Å². The van der Waals surface area contributed by atoms with Gasteiger partial charge < -0.3 is 20.1 Å². The summed E-state index contributed by atoms with van der Waals surface area (Å²) in [4.78, 5) is 34.5. The fourth-order valence-electron chi connectivity index (χ4n) is 3.30. The topological polar surface area (TPSA) is 136 Å². The maximum absolute atomic E-state index is 12.3. The van der Waals surface area contributed by atoms with Crippen molar-refractivity contribution < 1.29 is 19.1 Å². The lowest BCUT2D eigenvalue weighted by molar-refractivity contribution is -0.111. The molecule has 1 aliphatic rings. The van der Waals surface area contributed by atoms with Crippen LogP contribution in [0.5, 0.6) is 5.75 Å². The number of nitrogens with one attached hydrogen (secondary N) is 3. The first kappa shape index (κ1) is 23.9. The Morgan fingerprint density at radius 1 is 1.14 bits per heavy atom. The third kappa shape index (κ3) is 7.35. The molecule has 35 heavy (non-hydrogen) atoms. The molecule has 2 amide bonds. The van der Waals surface area contributed by atoms with Gasteiger partial charge in [-0.3, -0.25) is 19.7 Å². The first-order valence-electron chi connectivity index (χ1n) is 11.0. The minimum absolute atomic E-state index is 0.251. The zero-order valence-corrected chi connectivity index (χ0v) is 19.0. The van der Waals surface area contributed by atoms with E-state index in [1.54, 1.807) is 30.5 Å². The molecule has 0 saturated carbocycles. The highest BCUT2D eigenvalue weighted by atomic mass is 16.6. The highest BCUT2D eigenvalue weighted by Crippen LogP contribution is 2.18. The Balaban J connectivity index is 1.29. The number of nitrogens with zero attached hydrogens (tertiary/aromatic N) is 5. The minimum atomic E-state index is -0.738. The highest BCUT2D eigenvalue weighted by molar-refractivity contribution is 5.99. The molecular weight excluding hydrogens is 452 g/mol. The Morgan fingerprint density at radius 3 is 2.83 bits per heavy atom. The number of carbonyl (C=O) groups excluding carboxylic acids is 2. The zero-order chi connectivity index (χ0) is 24.5. The Bertz CT molecular complexity index is 1180. The van der Waals surface area contributed by atoms with Gasteiger partial charge >= 0.3 is 6.09 Å². The molecule has 3 N–H and O–H groups in total. The fraction of sp³-hybridized carbons (Fsp3) is 0.261. The smallest absolute Gasteiger partial charge is 0.410 e. The van der Waals surface area contributed by atoms with E-state index in [0.717, 1.165) is 51.2 Å². The number of benzene rings is 1. The molecule has 0 radical (unpaired) electrons. The molecule has 2 aromatic heterocycles. The molecule has 12 heteroatoms. The van der Waals surface area contributed by atoms with Crippen LogP contribution in [0.3, 0.4) is 0 Å². The van der Waals surface area contributed by atoms with Gasteiger partial charge in [-0.25, -0.2) is 9.78 Å². The maximum atomic E-state index is 12.3. The number of anilines is 4. The van der Waals surface area contributed by atoms with E-state index in [-0.39, 0.29) is 17.5 Å². The predicted octanol–water partition coefficient (Wildman–Crippen LogP) is 2.48. The number of hydrogen-bond donors (Lipinski definition) is 3. The van der Waals surface area contributed by atoms with Gasteiger partial charge in [0.2, 0.25) is 11.9 Å². The molecule has 4 rings (SSSR count). The molecule has 3 heterocycles. The van der Waals surface area contributed by atoms with E-state index in [1.165, 1.54) is 12.3 Å². The fourth-order valence-corrected chi connectivity index (χ4v) is 3.30. The molecule has 0 aliphatic carbocycles. The number of amides is 2. The molecule has 1 aliphatic heterocycles. The van der Waals surface area contributed by atoms with Crippen LogP contribution in [-0.4, -0.2) is 69.5 Å². The monoisotopic (exact) mass is 478 g/mol. The molecule has 0 atom stereocenters. The van der Waals surface area contributed by atoms with Crippen molar-refractivity contribution in [2.24, 2.45) is 0 Å². The van der Waals surface area contributed by atoms with Crippen molar-refractivity contribution in [1.82, 2.24) is 24.6 Å². The Labute approximate surface area is 202 Å². The van der Waals surface area contributed by atoms with Crippen molar-refractivity contribution in [2.75, 3.05) is 48.8 Å². The van der Waals surface area contributed by atoms with Crippen LogP contribution in [0.25, 0.3) is 0 Å². The summed E-state index contributed by atoms with van der Waals surface area (Å²) in [5.74, 6) is 0.435. The van der Waals surface area contributed by atoms with Crippen LogP contribution in [0, 0.1) is 0 Å². The number of carbonyl (C=O) groups is 2. The average Bonchev–Trinajstić information content (AvgIpc) is 3.31. The molecule has 1 aromatic carbocycles. The summed E-state index contributed by atoms with van der Waals surface area (Å²) in [6.45, 7) is 8.44. The molecule has 12 nitrogen and oxygen atoms in total. The molecular formula is C23H26N8O4.